The fourth-order valence-electron chi connectivity index (χ4n) is 2.14. The van der Waals surface area contributed by atoms with E-state index in [0.29, 0.717) is 0 Å². The Balaban J connectivity index is 0. The molecule has 23 heavy (non-hydrogen) atoms. The predicted octanol–water partition coefficient (Wildman–Crippen LogP) is 6.06. The van der Waals surface area contributed by atoms with E-state index in [9.17, 15) is 0 Å². The molecule has 4 aromatic rings. The standard InChI is InChI=1S/2C9H7.2CH3.ClH.Si.Zr/c2*1-2-5-9-7-3-6-8(9)4-1;;;;;/h2*1-7H;2*1H3;1H;;/q4*-1;;;. The molecule has 0 unspecified atom stereocenters. The average molecular weight is 416 g/mol. The molecule has 0 heterocycles. The first-order chi connectivity index (χ1) is 9.93. The van der Waals surface area contributed by atoms with Gasteiger partial charge in [0.1, 0.15) is 0 Å². The molecule has 0 aliphatic rings. The maximum atomic E-state index is 3.06. The summed E-state index contributed by atoms with van der Waals surface area (Å²) in [6.45, 7) is 3.06. The third-order valence-corrected chi connectivity index (χ3v) is 3.10. The number of fused-ring (bicyclic) bond motifs is 2. The molecule has 3 heteroatoms. The number of rotatable bonds is 0. The minimum absolute atomic E-state index is 0. The molecule has 120 valence electrons. The Bertz CT molecular complexity index is 647. The molecule has 4 aromatic carbocycles. The van der Waals surface area contributed by atoms with Crippen molar-refractivity contribution in [3.05, 3.63) is 99.8 Å². The van der Waals surface area contributed by atoms with E-state index >= 15 is 0 Å². The zero-order chi connectivity index (χ0) is 14.2. The molecule has 0 amide bonds. The molecular weight excluding hydrogens is 395 g/mol. The molecule has 0 nitrogen and oxygen atoms in total. The van der Waals surface area contributed by atoms with Gasteiger partial charge < -0.3 is 14.9 Å². The summed E-state index contributed by atoms with van der Waals surface area (Å²) in [6.07, 6.45) is 0. The van der Waals surface area contributed by atoms with Crippen LogP contribution in [0.1, 0.15) is 0 Å². The quantitative estimate of drug-likeness (QED) is 0.242. The Hall–Kier alpha value is -0.950. The molecule has 0 N–H and O–H groups in total. The van der Waals surface area contributed by atoms with Gasteiger partial charge >= 0.3 is 30.2 Å². The van der Waals surface area contributed by atoms with Crippen LogP contribution in [0.3, 0.4) is 0 Å². The Labute approximate surface area is 163 Å². The zero-order valence-corrected chi connectivity index (χ0v) is 17.8. The first kappa shape index (κ1) is 24.3. The summed E-state index contributed by atoms with van der Waals surface area (Å²) in [6, 6.07) is 29.3. The predicted molar refractivity (Wildman–Crippen MR) is 105 cm³/mol. The summed E-state index contributed by atoms with van der Waals surface area (Å²) in [7, 11) is 0. The van der Waals surface area contributed by atoms with Gasteiger partial charge in [0.05, 0.1) is 0 Å². The Morgan fingerprint density at radius 1 is 0.609 bits per heavy atom. The van der Waals surface area contributed by atoms with Crippen LogP contribution in [0.2, 0.25) is 0 Å². The fraction of sp³-hybridized carbons (Fsp3) is 0. The van der Waals surface area contributed by atoms with E-state index in [2.05, 4.69) is 91.8 Å². The SMILES string of the molecule is Cl.[CH3-].[CH3-].[Si]=[Zr].c1ccc2[cH-]ccc2c1.c1ccc2[cH-]ccc2c1. The third kappa shape index (κ3) is 6.99. The van der Waals surface area contributed by atoms with Crippen molar-refractivity contribution in [2.24, 2.45) is 0 Å². The number of halogens is 1. The van der Waals surface area contributed by atoms with Gasteiger partial charge in [-0.1, -0.05) is 12.1 Å². The van der Waals surface area contributed by atoms with Crippen LogP contribution < -0.4 is 0 Å². The second-order valence-corrected chi connectivity index (χ2v) is 4.31. The summed E-state index contributed by atoms with van der Waals surface area (Å²) in [4.78, 5) is 0. The van der Waals surface area contributed by atoms with Crippen molar-refractivity contribution in [3.8, 4) is 0 Å². The second kappa shape index (κ2) is 13.5. The molecule has 0 fully saturated rings. The summed E-state index contributed by atoms with van der Waals surface area (Å²) in [5.74, 6) is 0. The minimum Gasteiger partial charge on any atom is -0.168 e. The van der Waals surface area contributed by atoms with Crippen LogP contribution in [0.5, 0.6) is 0 Å². The Kier molecular flexibility index (Phi) is 14.3. The van der Waals surface area contributed by atoms with E-state index in [1.54, 1.807) is 0 Å². The van der Waals surface area contributed by atoms with Gasteiger partial charge in [0, 0.05) is 0 Å². The van der Waals surface area contributed by atoms with Crippen LogP contribution in [0.4, 0.5) is 0 Å². The normalized spacial score (nSPS) is 8.13. The summed E-state index contributed by atoms with van der Waals surface area (Å²) >= 11 is 1.36. The first-order valence-corrected chi connectivity index (χ1v) is 10.6. The molecule has 0 bridgehead atoms. The van der Waals surface area contributed by atoms with E-state index in [-0.39, 0.29) is 27.3 Å². The van der Waals surface area contributed by atoms with Crippen LogP contribution >= 0.6 is 12.4 Å². The van der Waals surface area contributed by atoms with Crippen molar-refractivity contribution in [2.75, 3.05) is 0 Å². The van der Waals surface area contributed by atoms with Gasteiger partial charge in [-0.3, -0.25) is 0 Å². The van der Waals surface area contributed by atoms with E-state index in [0.717, 1.165) is 0 Å². The molecule has 0 aliphatic carbocycles. The van der Waals surface area contributed by atoms with Crippen molar-refractivity contribution in [1.29, 1.82) is 0 Å². The Morgan fingerprint density at radius 2 is 0.957 bits per heavy atom. The van der Waals surface area contributed by atoms with Crippen LogP contribution in [-0.4, -0.2) is 6.88 Å². The number of benzene rings is 2. The first-order valence-electron chi connectivity index (χ1n) is 6.39. The van der Waals surface area contributed by atoms with Gasteiger partial charge in [0.25, 0.3) is 0 Å². The van der Waals surface area contributed by atoms with Gasteiger partial charge in [-0.25, -0.2) is 0 Å². The average Bonchev–Trinajstić information content (AvgIpc) is 3.18. The molecule has 0 atom stereocenters. The Morgan fingerprint density at radius 3 is 1.30 bits per heavy atom. The molecule has 0 saturated heterocycles. The topological polar surface area (TPSA) is 0 Å². The van der Waals surface area contributed by atoms with Crippen LogP contribution in [0.15, 0.2) is 84.9 Å². The zero-order valence-electron chi connectivity index (χ0n) is 13.5. The molecular formula is C20H21ClSiZr-4. The van der Waals surface area contributed by atoms with Gasteiger partial charge in [-0.15, -0.1) is 71.7 Å². The largest absolute Gasteiger partial charge is 0.168 e. The van der Waals surface area contributed by atoms with E-state index in [1.807, 2.05) is 0 Å². The smallest absolute Gasteiger partial charge is 0.0809 e. The van der Waals surface area contributed by atoms with E-state index < -0.39 is 0 Å². The molecule has 0 aliphatic heterocycles. The number of hydrogen-bond acceptors (Lipinski definition) is 0. The van der Waals surface area contributed by atoms with E-state index in [1.165, 1.54) is 44.9 Å². The van der Waals surface area contributed by atoms with Crippen molar-refractivity contribution in [1.82, 2.24) is 0 Å². The van der Waals surface area contributed by atoms with Crippen LogP contribution in [0.25, 0.3) is 21.5 Å². The summed E-state index contributed by atoms with van der Waals surface area (Å²) in [5.41, 5.74) is 0. The second-order valence-electron chi connectivity index (χ2n) is 4.31. The molecule has 0 aromatic heterocycles. The fourth-order valence-corrected chi connectivity index (χ4v) is 2.14. The molecule has 4 rings (SSSR count). The number of hydrogen-bond donors (Lipinski definition) is 0. The van der Waals surface area contributed by atoms with Gasteiger partial charge in [-0.2, -0.15) is 35.0 Å². The third-order valence-electron chi connectivity index (χ3n) is 3.10. The monoisotopic (exact) mass is 414 g/mol. The molecule has 2 radical (unpaired) electrons. The minimum atomic E-state index is 0. The van der Waals surface area contributed by atoms with Crippen molar-refractivity contribution in [2.45, 2.75) is 0 Å². The van der Waals surface area contributed by atoms with Gasteiger partial charge in [-0.05, 0) is 0 Å². The van der Waals surface area contributed by atoms with Crippen molar-refractivity contribution >= 4 is 40.8 Å². The van der Waals surface area contributed by atoms with Crippen molar-refractivity contribution < 1.29 is 23.3 Å². The van der Waals surface area contributed by atoms with Crippen molar-refractivity contribution in [3.63, 3.8) is 0 Å². The molecule has 0 saturated carbocycles. The maximum absolute atomic E-state index is 3.06. The molecule has 0 spiro atoms. The summed E-state index contributed by atoms with van der Waals surface area (Å²) in [5, 5.41) is 5.32. The van der Waals surface area contributed by atoms with E-state index in [4.69, 9.17) is 0 Å². The van der Waals surface area contributed by atoms with Crippen LogP contribution in [0, 0.1) is 14.9 Å². The van der Waals surface area contributed by atoms with Gasteiger partial charge in [0.15, 0.2) is 0 Å². The summed E-state index contributed by atoms with van der Waals surface area (Å²) < 4.78 is 0. The maximum Gasteiger partial charge on any atom is -0.0809 e. The van der Waals surface area contributed by atoms with Gasteiger partial charge in [0.2, 0.25) is 0 Å². The van der Waals surface area contributed by atoms with Crippen LogP contribution in [-0.2, 0) is 23.3 Å².